The van der Waals surface area contributed by atoms with Crippen molar-refractivity contribution in [2.75, 3.05) is 0 Å². The number of benzene rings is 7. The van der Waals surface area contributed by atoms with E-state index in [1.54, 1.807) is 12.4 Å². The summed E-state index contributed by atoms with van der Waals surface area (Å²) in [6.07, 6.45) is 3.58. The van der Waals surface area contributed by atoms with Gasteiger partial charge in [0.2, 0.25) is 0 Å². The molecule has 10 aromatic rings. The number of aromatic nitrogens is 3. The van der Waals surface area contributed by atoms with Crippen molar-refractivity contribution < 1.29 is 0 Å². The molecule has 10 rings (SSSR count). The Morgan fingerprint density at radius 2 is 0.846 bits per heavy atom. The monoisotopic (exact) mass is 662 g/mol. The fourth-order valence-electron chi connectivity index (χ4n) is 7.86. The third-order valence-electron chi connectivity index (χ3n) is 10.2. The predicted molar refractivity (Wildman–Crippen MR) is 215 cm³/mol. The van der Waals surface area contributed by atoms with Crippen LogP contribution in [0.2, 0.25) is 0 Å². The van der Waals surface area contributed by atoms with Crippen LogP contribution in [0, 0.1) is 6.57 Å². The highest BCUT2D eigenvalue weighted by atomic mass is 15.1. The Morgan fingerprint density at radius 3 is 1.37 bits per heavy atom. The van der Waals surface area contributed by atoms with Crippen LogP contribution in [0.3, 0.4) is 0 Å². The first kappa shape index (κ1) is 29.7. The molecule has 7 aromatic carbocycles. The van der Waals surface area contributed by atoms with Crippen molar-refractivity contribution in [1.29, 1.82) is 0 Å². The van der Waals surface area contributed by atoms with Gasteiger partial charge < -0.3 is 9.13 Å². The smallest absolute Gasteiger partial charge is 0.197 e. The van der Waals surface area contributed by atoms with Gasteiger partial charge in [-0.3, -0.25) is 4.98 Å². The van der Waals surface area contributed by atoms with E-state index in [2.05, 4.69) is 177 Å². The number of fused-ring (bicyclic) bond motifs is 6. The van der Waals surface area contributed by atoms with E-state index in [4.69, 9.17) is 6.57 Å². The first-order chi connectivity index (χ1) is 25.8. The summed E-state index contributed by atoms with van der Waals surface area (Å²) in [5, 5.41) is 4.69. The fraction of sp³-hybridized carbons (Fsp3) is 0. The summed E-state index contributed by atoms with van der Waals surface area (Å²) in [7, 11) is 0. The van der Waals surface area contributed by atoms with E-state index in [0.717, 1.165) is 44.6 Å². The maximum absolute atomic E-state index is 8.41. The molecule has 0 fully saturated rings. The fourth-order valence-corrected chi connectivity index (χ4v) is 7.86. The highest BCUT2D eigenvalue weighted by molar-refractivity contribution is 6.13. The summed E-state index contributed by atoms with van der Waals surface area (Å²) in [6, 6.07) is 60.1. The molecule has 0 aliphatic carbocycles. The van der Waals surface area contributed by atoms with Crippen LogP contribution in [0.5, 0.6) is 0 Å². The van der Waals surface area contributed by atoms with Crippen LogP contribution in [0.25, 0.3) is 93.2 Å². The highest BCUT2D eigenvalue weighted by Gasteiger charge is 2.22. The lowest BCUT2D eigenvalue weighted by Gasteiger charge is -2.20. The molecule has 4 nitrogen and oxygen atoms in total. The van der Waals surface area contributed by atoms with Gasteiger partial charge in [-0.1, -0.05) is 109 Å². The molecule has 0 spiro atoms. The Balaban J connectivity index is 1.33. The highest BCUT2D eigenvalue weighted by Crippen LogP contribution is 2.44. The minimum Gasteiger partial charge on any atom is -0.308 e. The van der Waals surface area contributed by atoms with Crippen LogP contribution in [-0.4, -0.2) is 14.1 Å². The zero-order chi connectivity index (χ0) is 34.6. The molecular weight excluding hydrogens is 633 g/mol. The Hall–Kier alpha value is -7.22. The normalized spacial score (nSPS) is 11.4. The molecule has 242 valence electrons. The van der Waals surface area contributed by atoms with Crippen molar-refractivity contribution in [3.8, 4) is 44.8 Å². The Bertz CT molecular complexity index is 3000. The van der Waals surface area contributed by atoms with Gasteiger partial charge in [0, 0.05) is 33.9 Å². The Morgan fingerprint density at radius 1 is 0.385 bits per heavy atom. The molecule has 52 heavy (non-hydrogen) atoms. The molecule has 0 saturated carbocycles. The van der Waals surface area contributed by atoms with Gasteiger partial charge in [0.25, 0.3) is 0 Å². The van der Waals surface area contributed by atoms with Crippen molar-refractivity contribution in [1.82, 2.24) is 14.1 Å². The van der Waals surface area contributed by atoms with E-state index < -0.39 is 0 Å². The van der Waals surface area contributed by atoms with Crippen molar-refractivity contribution >= 4 is 49.3 Å². The molecule has 0 amide bonds. The molecule has 0 radical (unpaired) electrons. The molecule has 4 heteroatoms. The second-order valence-corrected chi connectivity index (χ2v) is 13.1. The van der Waals surface area contributed by atoms with Gasteiger partial charge in [-0.2, -0.15) is 0 Å². The van der Waals surface area contributed by atoms with Gasteiger partial charge in [0.05, 0.1) is 40.0 Å². The van der Waals surface area contributed by atoms with E-state index in [0.29, 0.717) is 5.69 Å². The number of hydrogen-bond acceptors (Lipinski definition) is 1. The summed E-state index contributed by atoms with van der Waals surface area (Å²) >= 11 is 0. The third kappa shape index (κ3) is 4.65. The van der Waals surface area contributed by atoms with Crippen LogP contribution in [-0.2, 0) is 0 Å². The summed E-state index contributed by atoms with van der Waals surface area (Å²) in [6.45, 7) is 8.41. The number of hydrogen-bond donors (Lipinski definition) is 0. The van der Waals surface area contributed by atoms with E-state index in [9.17, 15) is 0 Å². The van der Waals surface area contributed by atoms with Crippen molar-refractivity contribution in [3.05, 3.63) is 194 Å². The first-order valence-corrected chi connectivity index (χ1v) is 17.4. The average Bonchev–Trinajstić information content (AvgIpc) is 3.73. The zero-order valence-electron chi connectivity index (χ0n) is 28.1. The van der Waals surface area contributed by atoms with E-state index in [1.807, 2.05) is 12.1 Å². The topological polar surface area (TPSA) is 27.1 Å². The Labute approximate surface area is 300 Å². The number of pyridine rings is 1. The molecule has 0 unspecified atom stereocenters. The van der Waals surface area contributed by atoms with Gasteiger partial charge in [-0.05, 0) is 94.0 Å². The minimum atomic E-state index is 0.587. The first-order valence-electron chi connectivity index (χ1n) is 17.4. The molecule has 0 aliphatic heterocycles. The van der Waals surface area contributed by atoms with Crippen LogP contribution < -0.4 is 0 Å². The van der Waals surface area contributed by atoms with Crippen molar-refractivity contribution in [2.45, 2.75) is 0 Å². The number of para-hydroxylation sites is 2. The van der Waals surface area contributed by atoms with E-state index in [-0.39, 0.29) is 0 Å². The van der Waals surface area contributed by atoms with Gasteiger partial charge in [0.15, 0.2) is 5.69 Å². The predicted octanol–water partition coefficient (Wildman–Crippen LogP) is 12.8. The molecule has 0 saturated heterocycles. The minimum absolute atomic E-state index is 0.587. The molecule has 0 atom stereocenters. The largest absolute Gasteiger partial charge is 0.308 e. The van der Waals surface area contributed by atoms with Crippen LogP contribution >= 0.6 is 0 Å². The third-order valence-corrected chi connectivity index (χ3v) is 10.2. The number of rotatable bonds is 5. The summed E-state index contributed by atoms with van der Waals surface area (Å²) in [5.74, 6) is 0. The SMILES string of the molecule is [C-]#[N+]c1cc(-n2c3ccccc3c3cc(-c4ccccc4)ccc32)c(-n2c3ccccc3c3cc(-c4ccccc4)ccc32)cc1-c1ccncc1. The molecule has 0 N–H and O–H groups in total. The molecular formula is C48H30N4. The second-order valence-electron chi connectivity index (χ2n) is 13.1. The maximum Gasteiger partial charge on any atom is 0.197 e. The summed E-state index contributed by atoms with van der Waals surface area (Å²) < 4.78 is 4.73. The van der Waals surface area contributed by atoms with Gasteiger partial charge in [0.1, 0.15) is 0 Å². The van der Waals surface area contributed by atoms with Crippen molar-refractivity contribution in [3.63, 3.8) is 0 Å². The lowest BCUT2D eigenvalue weighted by molar-refractivity contribution is 1.10. The van der Waals surface area contributed by atoms with Crippen LogP contribution in [0.4, 0.5) is 5.69 Å². The molecule has 3 aromatic heterocycles. The van der Waals surface area contributed by atoms with E-state index >= 15 is 0 Å². The molecule has 3 heterocycles. The van der Waals surface area contributed by atoms with Gasteiger partial charge >= 0.3 is 0 Å². The van der Waals surface area contributed by atoms with Gasteiger partial charge in [-0.15, -0.1) is 0 Å². The Kier molecular flexibility index (Phi) is 6.84. The number of nitrogens with zero attached hydrogens (tertiary/aromatic N) is 4. The van der Waals surface area contributed by atoms with Crippen LogP contribution in [0.1, 0.15) is 0 Å². The lowest BCUT2D eigenvalue weighted by atomic mass is 10.0. The standard InChI is InChI=1S/C48H30N4/c1-49-42-31-48(52-44-19-11-9-17-38(44)41-29-36(21-23-46(41)52)33-14-6-3-7-15-33)47(30-39(42)34-24-26-50-27-25-34)51-43-18-10-8-16-37(43)40-28-35(20-22-45(40)51)32-12-4-2-5-13-32/h2-31H. The zero-order valence-corrected chi connectivity index (χ0v) is 28.1. The lowest BCUT2D eigenvalue weighted by Crippen LogP contribution is -2.04. The summed E-state index contributed by atoms with van der Waals surface area (Å²) in [5.41, 5.74) is 13.4. The average molecular weight is 663 g/mol. The van der Waals surface area contributed by atoms with Crippen molar-refractivity contribution in [2.24, 2.45) is 0 Å². The quantitative estimate of drug-likeness (QED) is 0.169. The summed E-state index contributed by atoms with van der Waals surface area (Å²) in [4.78, 5) is 8.41. The molecule has 0 aliphatic rings. The molecule has 0 bridgehead atoms. The maximum atomic E-state index is 8.41. The van der Waals surface area contributed by atoms with E-state index in [1.165, 1.54) is 43.8 Å². The second kappa shape index (κ2) is 12.0. The van der Waals surface area contributed by atoms with Crippen LogP contribution in [0.15, 0.2) is 182 Å². The van der Waals surface area contributed by atoms with Gasteiger partial charge in [-0.25, -0.2) is 4.85 Å².